The summed E-state index contributed by atoms with van der Waals surface area (Å²) in [5.41, 5.74) is 0. The lowest BCUT2D eigenvalue weighted by atomic mass is 10.6. The minimum absolute atomic E-state index is 0.0384. The predicted molar refractivity (Wildman–Crippen MR) is 65.1 cm³/mol. The van der Waals surface area contributed by atoms with Crippen molar-refractivity contribution in [2.45, 2.75) is 6.92 Å². The van der Waals surface area contributed by atoms with Crippen molar-refractivity contribution in [1.29, 1.82) is 0 Å². The summed E-state index contributed by atoms with van der Waals surface area (Å²) >= 11 is 0. The zero-order valence-electron chi connectivity index (χ0n) is 10.8. The van der Waals surface area contributed by atoms with E-state index in [1.807, 2.05) is 7.05 Å². The van der Waals surface area contributed by atoms with E-state index in [9.17, 15) is 4.79 Å². The SMILES string of the molecule is CNCCOCCOCCOCCNC(C)=O. The first-order valence-electron chi connectivity index (χ1n) is 5.89. The second kappa shape index (κ2) is 13.4. The van der Waals surface area contributed by atoms with Crippen LogP contribution in [-0.4, -0.2) is 65.7 Å². The third-order valence-electron chi connectivity index (χ3n) is 1.86. The first-order valence-corrected chi connectivity index (χ1v) is 5.89. The summed E-state index contributed by atoms with van der Waals surface area (Å²) in [7, 11) is 1.89. The highest BCUT2D eigenvalue weighted by molar-refractivity contribution is 5.72. The number of hydrogen-bond donors (Lipinski definition) is 2. The smallest absolute Gasteiger partial charge is 0.216 e. The molecule has 0 aliphatic heterocycles. The fraction of sp³-hybridized carbons (Fsp3) is 0.909. The van der Waals surface area contributed by atoms with Gasteiger partial charge >= 0.3 is 0 Å². The van der Waals surface area contributed by atoms with E-state index in [0.29, 0.717) is 46.2 Å². The Balaban J connectivity index is 2.91. The van der Waals surface area contributed by atoms with E-state index in [4.69, 9.17) is 14.2 Å². The van der Waals surface area contributed by atoms with Crippen LogP contribution in [0.15, 0.2) is 0 Å². The predicted octanol–water partition coefficient (Wildman–Crippen LogP) is -0.608. The molecule has 1 amide bonds. The summed E-state index contributed by atoms with van der Waals surface area (Å²) in [6.07, 6.45) is 0. The van der Waals surface area contributed by atoms with Gasteiger partial charge in [0, 0.05) is 20.0 Å². The highest BCUT2D eigenvalue weighted by Gasteiger charge is 1.92. The molecule has 0 aliphatic rings. The highest BCUT2D eigenvalue weighted by atomic mass is 16.5. The van der Waals surface area contributed by atoms with E-state index in [2.05, 4.69) is 10.6 Å². The first-order chi connectivity index (χ1) is 8.27. The van der Waals surface area contributed by atoms with Crippen molar-refractivity contribution < 1.29 is 19.0 Å². The zero-order valence-corrected chi connectivity index (χ0v) is 10.8. The third kappa shape index (κ3) is 15.3. The van der Waals surface area contributed by atoms with Crippen LogP contribution in [0.1, 0.15) is 6.92 Å². The zero-order chi connectivity index (χ0) is 12.8. The van der Waals surface area contributed by atoms with Gasteiger partial charge < -0.3 is 24.8 Å². The van der Waals surface area contributed by atoms with E-state index >= 15 is 0 Å². The maximum absolute atomic E-state index is 10.5. The minimum atomic E-state index is -0.0384. The Morgan fingerprint density at radius 1 is 0.882 bits per heavy atom. The molecule has 0 fully saturated rings. The molecule has 0 aromatic carbocycles. The van der Waals surface area contributed by atoms with Gasteiger partial charge in [-0.1, -0.05) is 0 Å². The van der Waals surface area contributed by atoms with Crippen molar-refractivity contribution in [2.24, 2.45) is 0 Å². The molecule has 0 bridgehead atoms. The number of rotatable bonds is 12. The monoisotopic (exact) mass is 248 g/mol. The molecule has 0 spiro atoms. The summed E-state index contributed by atoms with van der Waals surface area (Å²) < 4.78 is 15.8. The Labute approximate surface area is 103 Å². The van der Waals surface area contributed by atoms with Crippen LogP contribution in [0.5, 0.6) is 0 Å². The Morgan fingerprint density at radius 3 is 1.82 bits per heavy atom. The van der Waals surface area contributed by atoms with Crippen LogP contribution in [0.2, 0.25) is 0 Å². The average Bonchev–Trinajstić information content (AvgIpc) is 2.30. The molecule has 6 heteroatoms. The molecular weight excluding hydrogens is 224 g/mol. The molecule has 6 nitrogen and oxygen atoms in total. The van der Waals surface area contributed by atoms with Gasteiger partial charge in [0.25, 0.3) is 0 Å². The number of carbonyl (C=O) groups is 1. The Morgan fingerprint density at radius 2 is 1.35 bits per heavy atom. The molecule has 0 saturated carbocycles. The van der Waals surface area contributed by atoms with Gasteiger partial charge in [-0.05, 0) is 7.05 Å². The summed E-state index contributed by atoms with van der Waals surface area (Å²) in [6, 6.07) is 0. The van der Waals surface area contributed by atoms with Gasteiger partial charge in [0.2, 0.25) is 5.91 Å². The molecule has 102 valence electrons. The van der Waals surface area contributed by atoms with Crippen LogP contribution in [0.4, 0.5) is 0 Å². The highest BCUT2D eigenvalue weighted by Crippen LogP contribution is 1.80. The van der Waals surface area contributed by atoms with E-state index < -0.39 is 0 Å². The second-order valence-corrected chi connectivity index (χ2v) is 3.42. The van der Waals surface area contributed by atoms with Crippen molar-refractivity contribution in [3.8, 4) is 0 Å². The molecule has 0 unspecified atom stereocenters. The molecule has 0 aliphatic carbocycles. The number of amides is 1. The van der Waals surface area contributed by atoms with Crippen LogP contribution in [0, 0.1) is 0 Å². The first kappa shape index (κ1) is 16.3. The molecule has 0 atom stereocenters. The molecule has 0 rings (SSSR count). The number of carbonyl (C=O) groups excluding carboxylic acids is 1. The number of likely N-dealkylation sites (N-methyl/N-ethyl adjacent to an activating group) is 1. The Kier molecular flexibility index (Phi) is 12.8. The molecule has 2 N–H and O–H groups in total. The second-order valence-electron chi connectivity index (χ2n) is 3.42. The molecule has 0 saturated heterocycles. The largest absolute Gasteiger partial charge is 0.378 e. The fourth-order valence-electron chi connectivity index (χ4n) is 1.02. The molecule has 0 aromatic rings. The average molecular weight is 248 g/mol. The van der Waals surface area contributed by atoms with Gasteiger partial charge in [0.05, 0.1) is 39.6 Å². The van der Waals surface area contributed by atoms with Crippen molar-refractivity contribution >= 4 is 5.91 Å². The topological polar surface area (TPSA) is 68.8 Å². The van der Waals surface area contributed by atoms with Crippen molar-refractivity contribution in [2.75, 3.05) is 59.8 Å². The van der Waals surface area contributed by atoms with Gasteiger partial charge in [0.1, 0.15) is 0 Å². The molecule has 0 heterocycles. The van der Waals surface area contributed by atoms with Crippen molar-refractivity contribution in [1.82, 2.24) is 10.6 Å². The van der Waals surface area contributed by atoms with Crippen LogP contribution in [-0.2, 0) is 19.0 Å². The quantitative estimate of drug-likeness (QED) is 0.451. The Hall–Kier alpha value is -0.690. The van der Waals surface area contributed by atoms with Gasteiger partial charge in [0.15, 0.2) is 0 Å². The number of hydrogen-bond acceptors (Lipinski definition) is 5. The van der Waals surface area contributed by atoms with Crippen LogP contribution in [0.25, 0.3) is 0 Å². The summed E-state index contributed by atoms with van der Waals surface area (Å²) in [5.74, 6) is -0.0384. The lowest BCUT2D eigenvalue weighted by Gasteiger charge is -2.06. The molecule has 17 heavy (non-hydrogen) atoms. The van der Waals surface area contributed by atoms with Gasteiger partial charge in [-0.2, -0.15) is 0 Å². The number of ether oxygens (including phenoxy) is 3. The molecule has 0 aromatic heterocycles. The van der Waals surface area contributed by atoms with E-state index in [-0.39, 0.29) is 5.91 Å². The van der Waals surface area contributed by atoms with Gasteiger partial charge in [-0.25, -0.2) is 0 Å². The Bertz CT molecular complexity index is 179. The third-order valence-corrected chi connectivity index (χ3v) is 1.86. The maximum Gasteiger partial charge on any atom is 0.216 e. The normalized spacial score (nSPS) is 10.5. The van der Waals surface area contributed by atoms with Gasteiger partial charge in [-0.3, -0.25) is 4.79 Å². The van der Waals surface area contributed by atoms with E-state index in [1.165, 1.54) is 6.92 Å². The van der Waals surface area contributed by atoms with Crippen LogP contribution in [0.3, 0.4) is 0 Å². The number of nitrogens with one attached hydrogen (secondary N) is 2. The molecule has 0 radical (unpaired) electrons. The summed E-state index contributed by atoms with van der Waals surface area (Å²) in [6.45, 7) is 6.37. The van der Waals surface area contributed by atoms with Crippen molar-refractivity contribution in [3.63, 3.8) is 0 Å². The standard InChI is InChI=1S/C11H24N2O4/c1-11(14)13-4-6-16-8-10-17-9-7-15-5-3-12-2/h12H,3-10H2,1-2H3,(H,13,14). The lowest BCUT2D eigenvalue weighted by Crippen LogP contribution is -2.25. The lowest BCUT2D eigenvalue weighted by molar-refractivity contribution is -0.119. The summed E-state index contributed by atoms with van der Waals surface area (Å²) in [4.78, 5) is 10.5. The van der Waals surface area contributed by atoms with Crippen molar-refractivity contribution in [3.05, 3.63) is 0 Å². The fourth-order valence-corrected chi connectivity index (χ4v) is 1.02. The van der Waals surface area contributed by atoms with E-state index in [1.54, 1.807) is 0 Å². The van der Waals surface area contributed by atoms with Crippen LogP contribution >= 0.6 is 0 Å². The minimum Gasteiger partial charge on any atom is -0.378 e. The maximum atomic E-state index is 10.5. The van der Waals surface area contributed by atoms with E-state index in [0.717, 1.165) is 6.54 Å². The summed E-state index contributed by atoms with van der Waals surface area (Å²) in [5, 5.41) is 5.64. The van der Waals surface area contributed by atoms with Crippen LogP contribution < -0.4 is 10.6 Å². The molecular formula is C11H24N2O4. The van der Waals surface area contributed by atoms with Gasteiger partial charge in [-0.15, -0.1) is 0 Å².